The fourth-order valence-corrected chi connectivity index (χ4v) is 8.88. The van der Waals surface area contributed by atoms with Gasteiger partial charge in [0.25, 0.3) is 6.33 Å². The summed E-state index contributed by atoms with van der Waals surface area (Å²) in [4.78, 5) is 4.91. The monoisotopic (exact) mass is 837 g/mol. The lowest BCUT2D eigenvalue weighted by Gasteiger charge is -2.20. The van der Waals surface area contributed by atoms with Crippen molar-refractivity contribution in [2.45, 2.75) is 26.2 Å². The van der Waals surface area contributed by atoms with E-state index in [-0.39, 0.29) is 33.4 Å². The fourth-order valence-electron chi connectivity index (χ4n) is 8.88. The number of pyridine rings is 1. The van der Waals surface area contributed by atoms with Crippen LogP contribution >= 0.6 is 0 Å². The first-order valence-corrected chi connectivity index (χ1v) is 20.9. The molecule has 306 valence electrons. The lowest BCUT2D eigenvalue weighted by molar-refractivity contribution is -0.566. The predicted molar refractivity (Wildman–Crippen MR) is 260 cm³/mol. The van der Waals surface area contributed by atoms with Crippen molar-refractivity contribution in [3.8, 4) is 50.9 Å². The van der Waals surface area contributed by atoms with E-state index in [1.807, 2.05) is 95.7 Å². The van der Waals surface area contributed by atoms with Crippen LogP contribution < -0.4 is 9.30 Å². The number of para-hydroxylation sites is 4. The molecule has 0 aliphatic rings. The van der Waals surface area contributed by atoms with E-state index < -0.39 is 60.4 Å². The van der Waals surface area contributed by atoms with Gasteiger partial charge in [-0.05, 0) is 88.8 Å². The van der Waals surface area contributed by atoms with Crippen molar-refractivity contribution in [1.82, 2.24) is 14.1 Å². The van der Waals surface area contributed by atoms with E-state index in [2.05, 4.69) is 55.7 Å². The van der Waals surface area contributed by atoms with Gasteiger partial charge in [-0.2, -0.15) is 9.13 Å². The first kappa shape index (κ1) is 28.4. The maximum atomic E-state index is 9.05. The zero-order chi connectivity index (χ0) is 51.6. The average Bonchev–Trinajstić information content (AvgIpc) is 4.09. The smallest absolute Gasteiger partial charge is 0.255 e. The van der Waals surface area contributed by atoms with Gasteiger partial charge in [-0.1, -0.05) is 136 Å². The minimum absolute atomic E-state index is 0.115. The van der Waals surface area contributed by atoms with Gasteiger partial charge in [0.15, 0.2) is 11.0 Å². The average molecular weight is 838 g/mol. The molecule has 12 rings (SSSR count). The molecule has 8 aromatic carbocycles. The first-order valence-electron chi connectivity index (χ1n) is 25.9. The molecule has 6 heteroatoms. The maximum absolute atomic E-state index is 9.05. The minimum atomic E-state index is -0.562. The van der Waals surface area contributed by atoms with E-state index in [1.165, 1.54) is 0 Å². The van der Waals surface area contributed by atoms with Crippen LogP contribution in [0, 0.1) is 0 Å². The first-order chi connectivity index (χ1) is 35.5. The highest BCUT2D eigenvalue weighted by atomic mass is 16.5. The van der Waals surface area contributed by atoms with Gasteiger partial charge in [-0.3, -0.25) is 4.57 Å². The summed E-state index contributed by atoms with van der Waals surface area (Å²) in [5.74, 6) is 1.83. The Bertz CT molecular complexity index is 4220. The molecule has 0 radical (unpaired) electrons. The summed E-state index contributed by atoms with van der Waals surface area (Å²) < 4.78 is 106. The van der Waals surface area contributed by atoms with Gasteiger partial charge in [-0.15, -0.1) is 0 Å². The Balaban J connectivity index is 1.03. The van der Waals surface area contributed by atoms with Gasteiger partial charge in [-0.25, -0.2) is 4.98 Å². The molecule has 0 spiro atoms. The van der Waals surface area contributed by atoms with E-state index in [0.29, 0.717) is 28.2 Å². The summed E-state index contributed by atoms with van der Waals surface area (Å²) in [5, 5.41) is 3.97. The van der Waals surface area contributed by atoms with Gasteiger partial charge < -0.3 is 9.15 Å². The Kier molecular flexibility index (Phi) is 6.53. The molecular weight excluding hydrogens is 785 g/mol. The number of imidazole rings is 1. The van der Waals surface area contributed by atoms with Gasteiger partial charge in [0.1, 0.15) is 39.9 Å². The second-order valence-corrected chi connectivity index (χ2v) is 16.7. The predicted octanol–water partition coefficient (Wildman–Crippen LogP) is 14.7. The lowest BCUT2D eigenvalue weighted by atomic mass is 9.88. The maximum Gasteiger partial charge on any atom is 0.255 e. The summed E-state index contributed by atoms with van der Waals surface area (Å²) in [7, 11) is 0. The van der Waals surface area contributed by atoms with Crippen LogP contribution in [0.25, 0.3) is 94.2 Å². The Morgan fingerprint density at radius 1 is 0.609 bits per heavy atom. The standard InChI is InChI=1S/C58H43N4O2/c1-58(2,3)40-32-33-59-54(34-40)62-51-31-30-47-46-22-10-13-27-53(46)64-57(47)55(51)48-29-28-43(36-52(48)62)63-42-21-14-20-41(35-42)60-37-61(50-26-12-11-25-49(50)60)56-44(38-16-6-4-7-17-38)23-15-24-45(56)39-18-8-5-9-19-39/h4-37H,1-3H3/q+1/i4D,5D,6D,7D,8D,9D,16D,17D,18D,19D. The van der Waals surface area contributed by atoms with Crippen molar-refractivity contribution in [2.24, 2.45) is 0 Å². The van der Waals surface area contributed by atoms with Crippen molar-refractivity contribution >= 4 is 54.8 Å². The molecule has 0 fully saturated rings. The Morgan fingerprint density at radius 3 is 2.09 bits per heavy atom. The molecular formula is C58H43N4O2+. The van der Waals surface area contributed by atoms with E-state index in [0.717, 1.165) is 55.1 Å². The van der Waals surface area contributed by atoms with Crippen LogP contribution in [0.5, 0.6) is 11.5 Å². The van der Waals surface area contributed by atoms with Crippen molar-refractivity contribution in [1.29, 1.82) is 0 Å². The largest absolute Gasteiger partial charge is 0.457 e. The third-order valence-electron chi connectivity index (χ3n) is 11.9. The molecule has 0 bridgehead atoms. The second kappa shape index (κ2) is 14.7. The topological polar surface area (TPSA) is 49.0 Å². The summed E-state index contributed by atoms with van der Waals surface area (Å²) in [5.41, 5.74) is 6.73. The number of ether oxygens (including phenoxy) is 1. The SMILES string of the molecule is [2H]c1c([2H])c([2H])c(-c2cccc(-c3c([2H])c([2H])c([2H])c([2H])c3[2H])c2-[n+]2cn(-c3cccc(Oc4ccc5c6c7oc8ccccc8c7ccc6n(-c6cc(C(C)(C)C)ccn6)c5c4)c3)c3ccccc32)c([2H])c1[2H]. The lowest BCUT2D eigenvalue weighted by Crippen LogP contribution is -2.30. The molecule has 12 aromatic rings. The number of benzene rings is 8. The normalized spacial score (nSPS) is 14.2. The third kappa shape index (κ3) is 6.17. The molecule has 0 N–H and O–H groups in total. The molecule has 0 aliphatic heterocycles. The summed E-state index contributed by atoms with van der Waals surface area (Å²) >= 11 is 0. The summed E-state index contributed by atoms with van der Waals surface area (Å²) in [6, 6.07) is 37.2. The Morgan fingerprint density at radius 2 is 1.31 bits per heavy atom. The van der Waals surface area contributed by atoms with Crippen LogP contribution in [0.2, 0.25) is 0 Å². The highest BCUT2D eigenvalue weighted by Crippen LogP contribution is 2.42. The van der Waals surface area contributed by atoms with E-state index in [1.54, 1.807) is 29.1 Å². The van der Waals surface area contributed by atoms with Crippen molar-refractivity contribution in [2.75, 3.05) is 0 Å². The van der Waals surface area contributed by atoms with E-state index in [4.69, 9.17) is 27.8 Å². The Labute approximate surface area is 384 Å². The van der Waals surface area contributed by atoms with Crippen LogP contribution in [0.1, 0.15) is 40.0 Å². The zero-order valence-corrected chi connectivity index (χ0v) is 35.0. The summed E-state index contributed by atoms with van der Waals surface area (Å²) in [6.07, 6.45) is 3.62. The van der Waals surface area contributed by atoms with Crippen LogP contribution in [0.15, 0.2) is 211 Å². The van der Waals surface area contributed by atoms with Crippen LogP contribution in [-0.2, 0) is 5.41 Å². The molecule has 4 heterocycles. The van der Waals surface area contributed by atoms with Gasteiger partial charge in [0.2, 0.25) is 0 Å². The third-order valence-corrected chi connectivity index (χ3v) is 11.9. The number of aromatic nitrogens is 4. The Hall–Kier alpha value is -8.22. The molecule has 64 heavy (non-hydrogen) atoms. The van der Waals surface area contributed by atoms with Crippen LogP contribution in [-0.4, -0.2) is 14.1 Å². The van der Waals surface area contributed by atoms with E-state index >= 15 is 0 Å². The van der Waals surface area contributed by atoms with Gasteiger partial charge in [0, 0.05) is 45.6 Å². The number of nitrogens with zero attached hydrogens (tertiary/aromatic N) is 4. The minimum Gasteiger partial charge on any atom is -0.457 e. The molecule has 0 saturated carbocycles. The zero-order valence-electron chi connectivity index (χ0n) is 45.0. The molecule has 6 nitrogen and oxygen atoms in total. The fraction of sp³-hybridized carbons (Fsp3) is 0.0690. The molecule has 0 amide bonds. The number of rotatable bonds is 7. The number of fused-ring (bicyclic) bond motifs is 8. The molecule has 0 aliphatic carbocycles. The number of furan rings is 1. The van der Waals surface area contributed by atoms with Crippen molar-refractivity contribution in [3.05, 3.63) is 212 Å². The molecule has 0 saturated heterocycles. The molecule has 0 atom stereocenters. The quantitative estimate of drug-likeness (QED) is 0.150. The highest BCUT2D eigenvalue weighted by molar-refractivity contribution is 6.24. The number of hydrogen-bond donors (Lipinski definition) is 0. The van der Waals surface area contributed by atoms with Crippen molar-refractivity contribution in [3.63, 3.8) is 0 Å². The molecule has 0 unspecified atom stereocenters. The number of hydrogen-bond acceptors (Lipinski definition) is 3. The van der Waals surface area contributed by atoms with Crippen molar-refractivity contribution < 1.29 is 27.4 Å². The van der Waals surface area contributed by atoms with Gasteiger partial charge in [0.05, 0.1) is 30.1 Å². The van der Waals surface area contributed by atoms with Crippen LogP contribution in [0.4, 0.5) is 0 Å². The highest BCUT2D eigenvalue weighted by Gasteiger charge is 2.26. The second-order valence-electron chi connectivity index (χ2n) is 16.7. The van der Waals surface area contributed by atoms with Crippen LogP contribution in [0.3, 0.4) is 0 Å². The van der Waals surface area contributed by atoms with E-state index in [9.17, 15) is 0 Å². The van der Waals surface area contributed by atoms with Gasteiger partial charge >= 0.3 is 0 Å². The molecule has 4 aromatic heterocycles. The summed E-state index contributed by atoms with van der Waals surface area (Å²) in [6.45, 7) is 6.53.